The smallest absolute Gasteiger partial charge is 0.108 e. The summed E-state index contributed by atoms with van der Waals surface area (Å²) in [6, 6.07) is 0. The molecule has 0 radical (unpaired) electrons. The van der Waals surface area contributed by atoms with Crippen molar-refractivity contribution in [3.05, 3.63) is 23.3 Å². The Labute approximate surface area is 124 Å². The highest BCUT2D eigenvalue weighted by Gasteiger charge is 2.23. The number of hydrogen-bond donors (Lipinski definition) is 1. The van der Waals surface area contributed by atoms with Gasteiger partial charge in [-0.1, -0.05) is 13.0 Å². The lowest BCUT2D eigenvalue weighted by molar-refractivity contribution is -0.0336. The third-order valence-electron chi connectivity index (χ3n) is 3.47. The van der Waals surface area contributed by atoms with E-state index >= 15 is 0 Å². The second kappa shape index (κ2) is 9.32. The molecule has 0 aromatic carbocycles. The quantitative estimate of drug-likeness (QED) is 0.756. The summed E-state index contributed by atoms with van der Waals surface area (Å²) in [7, 11) is 0.650. The molecule has 4 unspecified atom stereocenters. The third-order valence-corrected chi connectivity index (χ3v) is 4.57. The highest BCUT2D eigenvalue weighted by Crippen LogP contribution is 2.18. The molecule has 20 heavy (non-hydrogen) atoms. The van der Waals surface area contributed by atoms with E-state index in [0.29, 0.717) is 12.4 Å². The van der Waals surface area contributed by atoms with Crippen molar-refractivity contribution in [2.75, 3.05) is 19.5 Å². The van der Waals surface area contributed by atoms with Gasteiger partial charge in [-0.25, -0.2) is 0 Å². The maximum absolute atomic E-state index is 11.7. The monoisotopic (exact) mass is 302 g/mol. The van der Waals surface area contributed by atoms with Crippen molar-refractivity contribution in [2.24, 2.45) is 5.92 Å². The van der Waals surface area contributed by atoms with Gasteiger partial charge in [0.25, 0.3) is 0 Å². The lowest BCUT2D eigenvalue weighted by atomic mass is 9.94. The summed E-state index contributed by atoms with van der Waals surface area (Å²) >= 11 is 0. The van der Waals surface area contributed by atoms with Crippen molar-refractivity contribution in [3.8, 4) is 0 Å². The van der Waals surface area contributed by atoms with Crippen molar-refractivity contribution in [1.82, 2.24) is 0 Å². The zero-order valence-corrected chi connectivity index (χ0v) is 13.4. The highest BCUT2D eigenvalue weighted by molar-refractivity contribution is 7.87. The van der Waals surface area contributed by atoms with Crippen LogP contribution in [0.4, 0.5) is 0 Å². The predicted molar refractivity (Wildman–Crippen MR) is 81.7 cm³/mol. The van der Waals surface area contributed by atoms with Crippen LogP contribution in [0.5, 0.6) is 0 Å². The molecule has 0 saturated heterocycles. The molecule has 1 aliphatic rings. The van der Waals surface area contributed by atoms with E-state index in [1.165, 1.54) is 6.26 Å². The minimum absolute atomic E-state index is 0.0182. The van der Waals surface area contributed by atoms with Crippen LogP contribution in [0.3, 0.4) is 0 Å². The van der Waals surface area contributed by atoms with Crippen LogP contribution in [-0.2, 0) is 20.3 Å². The number of rotatable bonds is 1. The predicted octanol–water partition coefficient (Wildman–Crippen LogP) is 2.37. The maximum Gasteiger partial charge on any atom is 0.108 e. The number of aliphatic hydroxyl groups excluding tert-OH is 1. The van der Waals surface area contributed by atoms with Crippen LogP contribution in [0.2, 0.25) is 0 Å². The summed E-state index contributed by atoms with van der Waals surface area (Å²) in [5, 5.41) is 11.9. The zero-order chi connectivity index (χ0) is 15.0. The fourth-order valence-electron chi connectivity index (χ4n) is 2.30. The molecule has 5 heteroatoms. The Morgan fingerprint density at radius 3 is 2.90 bits per heavy atom. The molecule has 1 rings (SSSR count). The molecular formula is C15H26O4S. The number of hydrogen-bond acceptors (Lipinski definition) is 4. The summed E-state index contributed by atoms with van der Waals surface area (Å²) in [5.41, 5.74) is 1.04. The summed E-state index contributed by atoms with van der Waals surface area (Å²) < 4.78 is 22.4. The molecule has 1 N–H and O–H groups in total. The average molecular weight is 302 g/mol. The van der Waals surface area contributed by atoms with Crippen LogP contribution in [0, 0.1) is 5.92 Å². The van der Waals surface area contributed by atoms with Gasteiger partial charge in [-0.2, -0.15) is 0 Å². The SMILES string of the molecule is COC1CCCCS(=O)/C=C\OCC(C)=CC(C)C1O. The van der Waals surface area contributed by atoms with E-state index in [4.69, 9.17) is 9.47 Å². The molecule has 1 aliphatic heterocycles. The van der Waals surface area contributed by atoms with Crippen molar-refractivity contribution < 1.29 is 18.8 Å². The molecule has 0 amide bonds. The second-order valence-electron chi connectivity index (χ2n) is 5.30. The fraction of sp³-hybridized carbons (Fsp3) is 0.733. The first-order chi connectivity index (χ1) is 9.54. The molecule has 0 aliphatic carbocycles. The van der Waals surface area contributed by atoms with E-state index in [2.05, 4.69) is 0 Å². The van der Waals surface area contributed by atoms with Crippen LogP contribution >= 0.6 is 0 Å². The Morgan fingerprint density at radius 1 is 1.45 bits per heavy atom. The first-order valence-electron chi connectivity index (χ1n) is 7.08. The van der Waals surface area contributed by atoms with Crippen molar-refractivity contribution >= 4 is 10.8 Å². The van der Waals surface area contributed by atoms with Crippen molar-refractivity contribution in [2.45, 2.75) is 45.3 Å². The van der Waals surface area contributed by atoms with Gasteiger partial charge in [-0.3, -0.25) is 4.21 Å². The molecule has 0 saturated carbocycles. The fourth-order valence-corrected chi connectivity index (χ4v) is 3.13. The number of methoxy groups -OCH3 is 1. The molecule has 0 bridgehead atoms. The minimum atomic E-state index is -0.979. The Kier molecular flexibility index (Phi) is 8.11. The van der Waals surface area contributed by atoms with Gasteiger partial charge in [0.1, 0.15) is 6.61 Å². The van der Waals surface area contributed by atoms with E-state index in [1.54, 1.807) is 12.5 Å². The van der Waals surface area contributed by atoms with Crippen LogP contribution in [0.25, 0.3) is 0 Å². The minimum Gasteiger partial charge on any atom is -0.496 e. The molecule has 0 aromatic rings. The molecule has 0 fully saturated rings. The molecule has 0 aromatic heterocycles. The highest BCUT2D eigenvalue weighted by atomic mass is 32.2. The first-order valence-corrected chi connectivity index (χ1v) is 8.46. The van der Waals surface area contributed by atoms with E-state index < -0.39 is 16.9 Å². The van der Waals surface area contributed by atoms with Gasteiger partial charge in [-0.15, -0.1) is 0 Å². The molecule has 0 spiro atoms. The third kappa shape index (κ3) is 6.20. The van der Waals surface area contributed by atoms with Crippen LogP contribution in [0.1, 0.15) is 33.1 Å². The lowest BCUT2D eigenvalue weighted by Crippen LogP contribution is -2.33. The van der Waals surface area contributed by atoms with Gasteiger partial charge in [0.05, 0.1) is 18.5 Å². The summed E-state index contributed by atoms with van der Waals surface area (Å²) in [6.07, 6.45) is 5.34. The van der Waals surface area contributed by atoms with Gasteiger partial charge >= 0.3 is 0 Å². The van der Waals surface area contributed by atoms with Crippen molar-refractivity contribution in [3.63, 3.8) is 0 Å². The van der Waals surface area contributed by atoms with Gasteiger partial charge in [0.2, 0.25) is 0 Å². The maximum atomic E-state index is 11.7. The zero-order valence-electron chi connectivity index (χ0n) is 12.6. The van der Waals surface area contributed by atoms with Crippen LogP contribution in [-0.4, -0.2) is 41.0 Å². The standard InChI is InChI=1S/C15H26O4S/c1-12-10-13(2)15(16)14(18-3)6-4-5-8-20(17)9-7-19-11-12/h7,9-10,13-16H,4-6,8,11H2,1-3H3/b9-7-,12-10?. The summed E-state index contributed by atoms with van der Waals surface area (Å²) in [4.78, 5) is 0. The van der Waals surface area contributed by atoms with E-state index in [1.807, 2.05) is 19.9 Å². The Bertz CT molecular complexity index is 365. The molecule has 1 heterocycles. The van der Waals surface area contributed by atoms with Gasteiger partial charge in [0, 0.05) is 35.0 Å². The largest absolute Gasteiger partial charge is 0.496 e. The van der Waals surface area contributed by atoms with E-state index in [-0.39, 0.29) is 12.0 Å². The molecular weight excluding hydrogens is 276 g/mol. The molecule has 4 nitrogen and oxygen atoms in total. The number of aliphatic hydroxyl groups is 1. The van der Waals surface area contributed by atoms with Crippen LogP contribution in [0.15, 0.2) is 23.3 Å². The van der Waals surface area contributed by atoms with Gasteiger partial charge in [-0.05, 0) is 31.8 Å². The van der Waals surface area contributed by atoms with E-state index in [9.17, 15) is 9.32 Å². The summed E-state index contributed by atoms with van der Waals surface area (Å²) in [5.74, 6) is 0.640. The van der Waals surface area contributed by atoms with E-state index in [0.717, 1.165) is 24.8 Å². The Balaban J connectivity index is 2.76. The normalized spacial score (nSPS) is 35.5. The second-order valence-corrected chi connectivity index (χ2v) is 6.74. The average Bonchev–Trinajstić information content (AvgIpc) is 2.42. The van der Waals surface area contributed by atoms with Crippen LogP contribution < -0.4 is 0 Å². The first kappa shape index (κ1) is 17.4. The Hall–Kier alpha value is -0.650. The molecule has 116 valence electrons. The summed E-state index contributed by atoms with van der Waals surface area (Å²) in [6.45, 7) is 4.39. The number of ether oxygens (including phenoxy) is 2. The Morgan fingerprint density at radius 2 is 2.20 bits per heavy atom. The lowest BCUT2D eigenvalue weighted by Gasteiger charge is -2.25. The topological polar surface area (TPSA) is 55.8 Å². The van der Waals surface area contributed by atoms with Gasteiger partial charge in [0.15, 0.2) is 0 Å². The van der Waals surface area contributed by atoms with Gasteiger partial charge < -0.3 is 14.6 Å². The molecule has 4 atom stereocenters. The van der Waals surface area contributed by atoms with Crippen molar-refractivity contribution in [1.29, 1.82) is 0 Å².